The molecule has 3 aromatic rings. The number of ether oxygens (including phenoxy) is 2. The first-order valence-corrected chi connectivity index (χ1v) is 10.0. The van der Waals surface area contributed by atoms with Crippen LogP contribution in [0.25, 0.3) is 10.2 Å². The average Bonchev–Trinajstić information content (AvgIpc) is 3.12. The van der Waals surface area contributed by atoms with Crippen LogP contribution in [-0.2, 0) is 4.79 Å². The first kappa shape index (κ1) is 20.1. The van der Waals surface area contributed by atoms with Crippen LogP contribution in [0.1, 0.15) is 6.92 Å². The highest BCUT2D eigenvalue weighted by molar-refractivity contribution is 7.22. The molecular weight excluding hydrogens is 374 g/mol. The van der Waals surface area contributed by atoms with Gasteiger partial charge in [0.05, 0.1) is 23.9 Å². The van der Waals surface area contributed by atoms with Gasteiger partial charge in [0, 0.05) is 13.1 Å². The van der Waals surface area contributed by atoms with E-state index in [9.17, 15) is 4.79 Å². The van der Waals surface area contributed by atoms with E-state index in [0.29, 0.717) is 26.2 Å². The number of para-hydroxylation sites is 1. The Balaban J connectivity index is 1.51. The number of aromatic nitrogens is 1. The van der Waals surface area contributed by atoms with Crippen molar-refractivity contribution < 1.29 is 14.3 Å². The van der Waals surface area contributed by atoms with Gasteiger partial charge in [0.1, 0.15) is 18.1 Å². The van der Waals surface area contributed by atoms with E-state index in [1.54, 1.807) is 23.3 Å². The van der Waals surface area contributed by atoms with Crippen LogP contribution in [-0.4, -0.2) is 56.2 Å². The molecule has 2 aromatic carbocycles. The zero-order valence-corrected chi connectivity index (χ0v) is 17.2. The summed E-state index contributed by atoms with van der Waals surface area (Å²) in [5, 5.41) is 0.747. The van der Waals surface area contributed by atoms with Crippen LogP contribution in [0, 0.1) is 0 Å². The Bertz CT molecular complexity index is 878. The Kier molecular flexibility index (Phi) is 6.84. The maximum Gasteiger partial charge on any atom is 0.242 e. The number of amides is 1. The highest BCUT2D eigenvalue weighted by Crippen LogP contribution is 2.28. The van der Waals surface area contributed by atoms with E-state index in [1.807, 2.05) is 67.4 Å². The molecule has 7 heteroatoms. The third-order valence-electron chi connectivity index (χ3n) is 4.34. The molecule has 0 N–H and O–H groups in total. The number of nitrogens with zero attached hydrogens (tertiary/aromatic N) is 3. The highest BCUT2D eigenvalue weighted by atomic mass is 32.1. The summed E-state index contributed by atoms with van der Waals surface area (Å²) in [4.78, 5) is 21.1. The Morgan fingerprint density at radius 2 is 1.82 bits per heavy atom. The van der Waals surface area contributed by atoms with Gasteiger partial charge in [-0.15, -0.1) is 0 Å². The summed E-state index contributed by atoms with van der Waals surface area (Å²) in [6.07, 6.45) is 0. The van der Waals surface area contributed by atoms with Gasteiger partial charge in [-0.2, -0.15) is 0 Å². The van der Waals surface area contributed by atoms with Crippen LogP contribution in [0.2, 0.25) is 0 Å². The molecule has 0 spiro atoms. The molecule has 148 valence electrons. The number of rotatable bonds is 9. The van der Waals surface area contributed by atoms with Crippen LogP contribution in [0.15, 0.2) is 48.5 Å². The molecule has 0 aliphatic carbocycles. The largest absolute Gasteiger partial charge is 0.497 e. The van der Waals surface area contributed by atoms with Crippen molar-refractivity contribution in [2.45, 2.75) is 6.92 Å². The summed E-state index contributed by atoms with van der Waals surface area (Å²) >= 11 is 1.54. The minimum Gasteiger partial charge on any atom is -0.497 e. The van der Waals surface area contributed by atoms with Crippen molar-refractivity contribution in [1.82, 2.24) is 9.88 Å². The minimum absolute atomic E-state index is 0.0357. The van der Waals surface area contributed by atoms with Gasteiger partial charge < -0.3 is 9.47 Å². The SMILES string of the molecule is CCN(C(=O)CN(C)CCOc1ccc(OC)cc1)c1nc2ccccc2s1. The summed E-state index contributed by atoms with van der Waals surface area (Å²) in [7, 11) is 3.55. The lowest BCUT2D eigenvalue weighted by Crippen LogP contribution is -2.40. The number of fused-ring (bicyclic) bond motifs is 1. The van der Waals surface area contributed by atoms with E-state index in [1.165, 1.54) is 0 Å². The van der Waals surface area contributed by atoms with E-state index in [-0.39, 0.29) is 5.91 Å². The number of likely N-dealkylation sites (N-methyl/N-ethyl adjacent to an activating group) is 2. The van der Waals surface area contributed by atoms with E-state index in [2.05, 4.69) is 4.98 Å². The van der Waals surface area contributed by atoms with Crippen LogP contribution < -0.4 is 14.4 Å². The number of methoxy groups -OCH3 is 1. The quantitative estimate of drug-likeness (QED) is 0.550. The van der Waals surface area contributed by atoms with Gasteiger partial charge in [0.25, 0.3) is 0 Å². The molecule has 0 atom stereocenters. The molecule has 28 heavy (non-hydrogen) atoms. The van der Waals surface area contributed by atoms with E-state index in [4.69, 9.17) is 9.47 Å². The van der Waals surface area contributed by atoms with Gasteiger partial charge in [-0.05, 0) is 50.4 Å². The number of carbonyl (C=O) groups excluding carboxylic acids is 1. The van der Waals surface area contributed by atoms with E-state index in [0.717, 1.165) is 26.8 Å². The standard InChI is InChI=1S/C21H25N3O3S/c1-4-24(21-22-18-7-5-6-8-19(18)28-21)20(25)15-23(2)13-14-27-17-11-9-16(26-3)10-12-17/h5-12H,4,13-15H2,1-3H3. The van der Waals surface area contributed by atoms with Crippen molar-refractivity contribution in [1.29, 1.82) is 0 Å². The lowest BCUT2D eigenvalue weighted by atomic mass is 10.3. The molecule has 0 aliphatic heterocycles. The van der Waals surface area contributed by atoms with E-state index < -0.39 is 0 Å². The van der Waals surface area contributed by atoms with Gasteiger partial charge in [-0.1, -0.05) is 23.5 Å². The summed E-state index contributed by atoms with van der Waals surface area (Å²) in [5.41, 5.74) is 0.926. The maximum absolute atomic E-state index is 12.8. The van der Waals surface area contributed by atoms with Gasteiger partial charge in [-0.3, -0.25) is 14.6 Å². The smallest absolute Gasteiger partial charge is 0.242 e. The summed E-state index contributed by atoms with van der Waals surface area (Å²) in [6, 6.07) is 15.4. The first-order valence-electron chi connectivity index (χ1n) is 9.22. The second-order valence-electron chi connectivity index (χ2n) is 6.36. The van der Waals surface area contributed by atoms with Crippen molar-refractivity contribution in [2.24, 2.45) is 0 Å². The maximum atomic E-state index is 12.8. The molecular formula is C21H25N3O3S. The fraction of sp³-hybridized carbons (Fsp3) is 0.333. The van der Waals surface area contributed by atoms with Crippen molar-refractivity contribution in [3.8, 4) is 11.5 Å². The third-order valence-corrected chi connectivity index (χ3v) is 5.40. The monoisotopic (exact) mass is 399 g/mol. The normalized spacial score (nSPS) is 11.0. The van der Waals surface area contributed by atoms with Crippen LogP contribution >= 0.6 is 11.3 Å². The zero-order chi connectivity index (χ0) is 19.9. The Morgan fingerprint density at radius 3 is 2.50 bits per heavy atom. The molecule has 0 fully saturated rings. The molecule has 0 radical (unpaired) electrons. The van der Waals surface area contributed by atoms with Crippen molar-refractivity contribution in [2.75, 3.05) is 45.3 Å². The van der Waals surface area contributed by atoms with Crippen LogP contribution in [0.5, 0.6) is 11.5 Å². The Hall–Kier alpha value is -2.64. The molecule has 1 heterocycles. The summed E-state index contributed by atoms with van der Waals surface area (Å²) in [5.74, 6) is 1.61. The Morgan fingerprint density at radius 1 is 1.11 bits per heavy atom. The topological polar surface area (TPSA) is 54.9 Å². The van der Waals surface area contributed by atoms with Crippen LogP contribution in [0.3, 0.4) is 0 Å². The number of benzene rings is 2. The lowest BCUT2D eigenvalue weighted by Gasteiger charge is -2.22. The highest BCUT2D eigenvalue weighted by Gasteiger charge is 2.19. The summed E-state index contributed by atoms with van der Waals surface area (Å²) < 4.78 is 12.0. The second-order valence-corrected chi connectivity index (χ2v) is 7.37. The second kappa shape index (κ2) is 9.52. The average molecular weight is 400 g/mol. The number of carbonyl (C=O) groups is 1. The molecule has 0 saturated heterocycles. The summed E-state index contributed by atoms with van der Waals surface area (Å²) in [6.45, 7) is 4.03. The number of hydrogen-bond acceptors (Lipinski definition) is 6. The molecule has 6 nitrogen and oxygen atoms in total. The van der Waals surface area contributed by atoms with Crippen LogP contribution in [0.4, 0.5) is 5.13 Å². The fourth-order valence-electron chi connectivity index (χ4n) is 2.78. The molecule has 0 bridgehead atoms. The number of anilines is 1. The van der Waals surface area contributed by atoms with Gasteiger partial charge in [0.15, 0.2) is 5.13 Å². The molecule has 0 saturated carbocycles. The molecule has 0 aliphatic rings. The van der Waals surface area contributed by atoms with Crippen molar-refractivity contribution in [3.63, 3.8) is 0 Å². The van der Waals surface area contributed by atoms with Crippen molar-refractivity contribution >= 4 is 32.6 Å². The zero-order valence-electron chi connectivity index (χ0n) is 16.4. The van der Waals surface area contributed by atoms with Gasteiger partial charge in [-0.25, -0.2) is 4.98 Å². The number of thiazole rings is 1. The minimum atomic E-state index is 0.0357. The molecule has 3 rings (SSSR count). The Labute approximate surface area is 169 Å². The number of hydrogen-bond donors (Lipinski definition) is 0. The fourth-order valence-corrected chi connectivity index (χ4v) is 3.83. The predicted molar refractivity (Wildman–Crippen MR) is 114 cm³/mol. The van der Waals surface area contributed by atoms with Gasteiger partial charge in [0.2, 0.25) is 5.91 Å². The van der Waals surface area contributed by atoms with Crippen molar-refractivity contribution in [3.05, 3.63) is 48.5 Å². The lowest BCUT2D eigenvalue weighted by molar-refractivity contribution is -0.119. The third kappa shape index (κ3) is 4.99. The first-order chi connectivity index (χ1) is 13.6. The molecule has 1 amide bonds. The molecule has 0 unspecified atom stereocenters. The predicted octanol–water partition coefficient (Wildman–Crippen LogP) is 3.67. The molecule has 1 aromatic heterocycles. The van der Waals surface area contributed by atoms with E-state index >= 15 is 0 Å². The van der Waals surface area contributed by atoms with Gasteiger partial charge >= 0.3 is 0 Å².